The molecule has 2 amide bonds. The summed E-state index contributed by atoms with van der Waals surface area (Å²) in [5, 5.41) is 10.5. The third kappa shape index (κ3) is 4.41. The van der Waals surface area contributed by atoms with Gasteiger partial charge in [-0.05, 0) is 18.8 Å². The Kier molecular flexibility index (Phi) is 5.43. The number of carbonyl (C=O) groups is 2. The molecule has 1 heterocycles. The fourth-order valence-electron chi connectivity index (χ4n) is 1.79. The maximum absolute atomic E-state index is 11.6. The van der Waals surface area contributed by atoms with Gasteiger partial charge in [-0.2, -0.15) is 5.26 Å². The lowest BCUT2D eigenvalue weighted by molar-refractivity contribution is -0.145. The first-order chi connectivity index (χ1) is 8.15. The van der Waals surface area contributed by atoms with Crippen molar-refractivity contribution in [2.45, 2.75) is 12.8 Å². The van der Waals surface area contributed by atoms with E-state index in [4.69, 9.17) is 10.00 Å². The predicted octanol–water partition coefficient (Wildman–Crippen LogP) is -0.489. The SMILES string of the molecule is CN(CC1CCCOC1)C(=O)C(=O)NCC#N. The summed E-state index contributed by atoms with van der Waals surface area (Å²) in [6.07, 6.45) is 2.00. The van der Waals surface area contributed by atoms with Crippen LogP contribution in [0.4, 0.5) is 0 Å². The predicted molar refractivity (Wildman–Crippen MR) is 59.8 cm³/mol. The lowest BCUT2D eigenvalue weighted by atomic mass is 10.0. The van der Waals surface area contributed by atoms with Crippen LogP contribution in [0.2, 0.25) is 0 Å². The molecular formula is C11H17N3O3. The molecule has 6 heteroatoms. The molecule has 0 spiro atoms. The lowest BCUT2D eigenvalue weighted by Crippen LogP contribution is -2.43. The molecule has 1 fully saturated rings. The van der Waals surface area contributed by atoms with E-state index in [-0.39, 0.29) is 6.54 Å². The Morgan fingerprint density at radius 1 is 1.59 bits per heavy atom. The molecule has 0 aromatic carbocycles. The molecule has 0 saturated carbocycles. The number of ether oxygens (including phenoxy) is 1. The fourth-order valence-corrected chi connectivity index (χ4v) is 1.79. The number of likely N-dealkylation sites (N-methyl/N-ethyl adjacent to an activating group) is 1. The van der Waals surface area contributed by atoms with E-state index in [9.17, 15) is 9.59 Å². The van der Waals surface area contributed by atoms with Crippen molar-refractivity contribution < 1.29 is 14.3 Å². The highest BCUT2D eigenvalue weighted by Crippen LogP contribution is 2.14. The first-order valence-corrected chi connectivity index (χ1v) is 5.63. The van der Waals surface area contributed by atoms with Crippen molar-refractivity contribution in [2.75, 3.05) is 33.4 Å². The molecule has 0 aliphatic carbocycles. The largest absolute Gasteiger partial charge is 0.381 e. The van der Waals surface area contributed by atoms with E-state index in [2.05, 4.69) is 5.32 Å². The number of nitrogens with zero attached hydrogens (tertiary/aromatic N) is 2. The van der Waals surface area contributed by atoms with Gasteiger partial charge in [-0.1, -0.05) is 0 Å². The summed E-state index contributed by atoms with van der Waals surface area (Å²) in [6, 6.07) is 1.75. The number of hydrogen-bond acceptors (Lipinski definition) is 4. The topological polar surface area (TPSA) is 82.4 Å². The monoisotopic (exact) mass is 239 g/mol. The van der Waals surface area contributed by atoms with E-state index < -0.39 is 11.8 Å². The quantitative estimate of drug-likeness (QED) is 0.532. The maximum atomic E-state index is 11.6. The minimum atomic E-state index is -0.731. The zero-order chi connectivity index (χ0) is 12.7. The third-order valence-corrected chi connectivity index (χ3v) is 2.66. The lowest BCUT2D eigenvalue weighted by Gasteiger charge is -2.26. The van der Waals surface area contributed by atoms with Crippen LogP contribution in [0.3, 0.4) is 0 Å². The van der Waals surface area contributed by atoms with Crippen molar-refractivity contribution in [2.24, 2.45) is 5.92 Å². The van der Waals surface area contributed by atoms with Gasteiger partial charge in [0.05, 0.1) is 12.7 Å². The summed E-state index contributed by atoms with van der Waals surface area (Å²) >= 11 is 0. The van der Waals surface area contributed by atoms with Crippen LogP contribution in [0.1, 0.15) is 12.8 Å². The van der Waals surface area contributed by atoms with Crippen LogP contribution >= 0.6 is 0 Å². The van der Waals surface area contributed by atoms with Crippen molar-refractivity contribution in [1.82, 2.24) is 10.2 Å². The van der Waals surface area contributed by atoms with Crippen LogP contribution < -0.4 is 5.32 Å². The Bertz CT molecular complexity index is 318. The van der Waals surface area contributed by atoms with E-state index in [0.717, 1.165) is 19.4 Å². The second-order valence-electron chi connectivity index (χ2n) is 4.11. The molecule has 1 saturated heterocycles. The van der Waals surface area contributed by atoms with E-state index in [0.29, 0.717) is 19.1 Å². The average molecular weight is 239 g/mol. The first-order valence-electron chi connectivity index (χ1n) is 5.63. The molecule has 0 radical (unpaired) electrons. The highest BCUT2D eigenvalue weighted by atomic mass is 16.5. The van der Waals surface area contributed by atoms with Gasteiger partial charge >= 0.3 is 11.8 Å². The molecule has 0 aromatic rings. The molecule has 1 atom stereocenters. The summed E-state index contributed by atoms with van der Waals surface area (Å²) in [5.74, 6) is -1.04. The third-order valence-electron chi connectivity index (χ3n) is 2.66. The summed E-state index contributed by atoms with van der Waals surface area (Å²) < 4.78 is 5.31. The molecule has 0 bridgehead atoms. The molecule has 0 aromatic heterocycles. The number of hydrogen-bond donors (Lipinski definition) is 1. The summed E-state index contributed by atoms with van der Waals surface area (Å²) in [6.45, 7) is 1.78. The molecule has 94 valence electrons. The minimum Gasteiger partial charge on any atom is -0.381 e. The highest BCUT2D eigenvalue weighted by molar-refractivity contribution is 6.34. The number of amides is 2. The van der Waals surface area contributed by atoms with E-state index in [1.54, 1.807) is 13.1 Å². The van der Waals surface area contributed by atoms with Crippen molar-refractivity contribution in [1.29, 1.82) is 5.26 Å². The van der Waals surface area contributed by atoms with Crippen molar-refractivity contribution in [3.05, 3.63) is 0 Å². The maximum Gasteiger partial charge on any atom is 0.311 e. The van der Waals surface area contributed by atoms with Gasteiger partial charge in [0.15, 0.2) is 0 Å². The second-order valence-corrected chi connectivity index (χ2v) is 4.11. The van der Waals surface area contributed by atoms with Gasteiger partial charge in [0.2, 0.25) is 0 Å². The summed E-state index contributed by atoms with van der Waals surface area (Å²) in [4.78, 5) is 24.3. The Hall–Kier alpha value is -1.61. The van der Waals surface area contributed by atoms with Crippen molar-refractivity contribution >= 4 is 11.8 Å². The van der Waals surface area contributed by atoms with Gasteiger partial charge in [-0.15, -0.1) is 0 Å². The Balaban J connectivity index is 2.35. The number of rotatable bonds is 3. The Morgan fingerprint density at radius 2 is 2.35 bits per heavy atom. The number of nitriles is 1. The van der Waals surface area contributed by atoms with Gasteiger partial charge in [0.25, 0.3) is 0 Å². The summed E-state index contributed by atoms with van der Waals surface area (Å²) in [5.41, 5.74) is 0. The molecule has 6 nitrogen and oxygen atoms in total. The van der Waals surface area contributed by atoms with Crippen LogP contribution in [0, 0.1) is 17.2 Å². The van der Waals surface area contributed by atoms with Gasteiger partial charge in [-0.3, -0.25) is 9.59 Å². The van der Waals surface area contributed by atoms with E-state index in [1.165, 1.54) is 4.90 Å². The smallest absolute Gasteiger partial charge is 0.311 e. The van der Waals surface area contributed by atoms with Crippen LogP contribution in [0.25, 0.3) is 0 Å². The molecule has 17 heavy (non-hydrogen) atoms. The van der Waals surface area contributed by atoms with Crippen LogP contribution in [-0.4, -0.2) is 50.1 Å². The van der Waals surface area contributed by atoms with Gasteiger partial charge < -0.3 is 15.0 Å². The van der Waals surface area contributed by atoms with Crippen LogP contribution in [-0.2, 0) is 14.3 Å². The molecule has 1 rings (SSSR count). The standard InChI is InChI=1S/C11H17N3O3/c1-14(7-9-3-2-6-17-8-9)11(16)10(15)13-5-4-12/h9H,2-3,5-8H2,1H3,(H,13,15). The molecule has 1 unspecified atom stereocenters. The normalized spacial score (nSPS) is 19.2. The molecule has 1 N–H and O–H groups in total. The Morgan fingerprint density at radius 3 is 2.94 bits per heavy atom. The van der Waals surface area contributed by atoms with Crippen molar-refractivity contribution in [3.8, 4) is 6.07 Å². The van der Waals surface area contributed by atoms with Gasteiger partial charge in [0, 0.05) is 20.2 Å². The van der Waals surface area contributed by atoms with E-state index >= 15 is 0 Å². The average Bonchev–Trinajstić information content (AvgIpc) is 2.36. The number of carbonyl (C=O) groups excluding carboxylic acids is 2. The minimum absolute atomic E-state index is 0.148. The van der Waals surface area contributed by atoms with Crippen LogP contribution in [0.15, 0.2) is 0 Å². The number of nitrogens with one attached hydrogen (secondary N) is 1. The van der Waals surface area contributed by atoms with Gasteiger partial charge in [-0.25, -0.2) is 0 Å². The zero-order valence-corrected chi connectivity index (χ0v) is 9.94. The highest BCUT2D eigenvalue weighted by Gasteiger charge is 2.22. The molecule has 1 aliphatic heterocycles. The summed E-state index contributed by atoms with van der Waals surface area (Å²) in [7, 11) is 1.59. The second kappa shape index (κ2) is 6.86. The first kappa shape index (κ1) is 13.5. The van der Waals surface area contributed by atoms with Crippen molar-refractivity contribution in [3.63, 3.8) is 0 Å². The van der Waals surface area contributed by atoms with Crippen LogP contribution in [0.5, 0.6) is 0 Å². The molecule has 1 aliphatic rings. The Labute approximate surface area is 101 Å². The fraction of sp³-hybridized carbons (Fsp3) is 0.727. The molecular weight excluding hydrogens is 222 g/mol. The van der Waals surface area contributed by atoms with E-state index in [1.807, 2.05) is 0 Å². The zero-order valence-electron chi connectivity index (χ0n) is 9.94. The van der Waals surface area contributed by atoms with Gasteiger partial charge in [0.1, 0.15) is 6.54 Å².